The molecule has 2 aromatic carbocycles. The van der Waals surface area contributed by atoms with Gasteiger partial charge in [0.1, 0.15) is 11.8 Å². The molecule has 8 heteroatoms. The molecule has 0 amide bonds. The van der Waals surface area contributed by atoms with Crippen LogP contribution >= 0.6 is 15.9 Å². The summed E-state index contributed by atoms with van der Waals surface area (Å²) < 4.78 is 15.6. The lowest BCUT2D eigenvalue weighted by molar-refractivity contribution is 0.0528. The zero-order chi connectivity index (χ0) is 22.7. The van der Waals surface area contributed by atoms with Gasteiger partial charge in [0.25, 0.3) is 6.01 Å². The summed E-state index contributed by atoms with van der Waals surface area (Å²) >= 11 is 3.49. The van der Waals surface area contributed by atoms with Crippen LogP contribution in [0, 0.1) is 11.3 Å². The third kappa shape index (κ3) is 3.99. The second-order valence-corrected chi connectivity index (χ2v) is 7.77. The van der Waals surface area contributed by atoms with Crippen molar-refractivity contribution >= 4 is 32.9 Å². The zero-order valence-electron chi connectivity index (χ0n) is 17.7. The molecule has 0 aliphatic rings. The molecule has 162 valence electrons. The van der Waals surface area contributed by atoms with E-state index in [0.717, 1.165) is 15.9 Å². The van der Waals surface area contributed by atoms with Gasteiger partial charge in [-0.05, 0) is 71.7 Å². The van der Waals surface area contributed by atoms with E-state index in [-0.39, 0.29) is 5.97 Å². The summed E-state index contributed by atoms with van der Waals surface area (Å²) in [5, 5.41) is 9.36. The van der Waals surface area contributed by atoms with Gasteiger partial charge in [-0.3, -0.25) is 9.13 Å². The number of esters is 1. The van der Waals surface area contributed by atoms with Gasteiger partial charge in [-0.15, -0.1) is 0 Å². The Hall–Kier alpha value is -3.57. The Balaban J connectivity index is 1.75. The number of aromatic nitrogens is 3. The molecule has 32 heavy (non-hydrogen) atoms. The van der Waals surface area contributed by atoms with Gasteiger partial charge in [0.05, 0.1) is 41.0 Å². The molecular weight excluding hydrogens is 472 g/mol. The van der Waals surface area contributed by atoms with E-state index in [1.165, 1.54) is 0 Å². The number of rotatable bonds is 7. The molecule has 0 spiro atoms. The first-order valence-electron chi connectivity index (χ1n) is 10.2. The molecule has 0 aliphatic carbocycles. The lowest BCUT2D eigenvalue weighted by Gasteiger charge is -2.12. The Morgan fingerprint density at radius 2 is 1.88 bits per heavy atom. The summed E-state index contributed by atoms with van der Waals surface area (Å²) in [6, 6.07) is 19.5. The zero-order valence-corrected chi connectivity index (χ0v) is 19.3. The summed E-state index contributed by atoms with van der Waals surface area (Å²) in [4.78, 5) is 17.1. The average molecular weight is 493 g/mol. The topological polar surface area (TPSA) is 82.1 Å². The van der Waals surface area contributed by atoms with Crippen molar-refractivity contribution in [2.45, 2.75) is 20.4 Å². The maximum atomic E-state index is 12.6. The normalized spacial score (nSPS) is 10.8. The number of nitrogens with zero attached hydrogens (tertiary/aromatic N) is 4. The van der Waals surface area contributed by atoms with Crippen molar-refractivity contribution in [3.63, 3.8) is 0 Å². The van der Waals surface area contributed by atoms with Crippen molar-refractivity contribution < 1.29 is 14.3 Å². The van der Waals surface area contributed by atoms with Crippen LogP contribution in [0.2, 0.25) is 0 Å². The number of para-hydroxylation sites is 1. The average Bonchev–Trinajstić information content (AvgIpc) is 3.34. The highest BCUT2D eigenvalue weighted by Gasteiger charge is 2.20. The Morgan fingerprint density at radius 3 is 2.56 bits per heavy atom. The monoisotopic (exact) mass is 492 g/mol. The lowest BCUT2D eigenvalue weighted by atomic mass is 10.1. The number of nitriles is 1. The minimum atomic E-state index is -0.390. The first-order chi connectivity index (χ1) is 15.6. The van der Waals surface area contributed by atoms with E-state index in [4.69, 9.17) is 9.47 Å². The predicted octanol–water partition coefficient (Wildman–Crippen LogP) is 5.08. The molecule has 0 bridgehead atoms. The van der Waals surface area contributed by atoms with Crippen LogP contribution in [0.4, 0.5) is 0 Å². The van der Waals surface area contributed by atoms with Crippen LogP contribution in [0.5, 0.6) is 6.01 Å². The van der Waals surface area contributed by atoms with Gasteiger partial charge in [0, 0.05) is 5.69 Å². The van der Waals surface area contributed by atoms with E-state index in [9.17, 15) is 10.1 Å². The fourth-order valence-electron chi connectivity index (χ4n) is 3.62. The summed E-state index contributed by atoms with van der Waals surface area (Å²) in [6.07, 6.45) is 0. The van der Waals surface area contributed by atoms with Gasteiger partial charge in [-0.25, -0.2) is 4.79 Å². The molecule has 4 rings (SSSR count). The highest BCUT2D eigenvalue weighted by molar-refractivity contribution is 9.10. The third-order valence-corrected chi connectivity index (χ3v) is 5.60. The molecule has 0 radical (unpaired) electrons. The van der Waals surface area contributed by atoms with Crippen molar-refractivity contribution in [3.8, 4) is 17.8 Å². The molecular formula is C24H21BrN4O3. The van der Waals surface area contributed by atoms with Gasteiger partial charge < -0.3 is 9.47 Å². The second-order valence-electron chi connectivity index (χ2n) is 6.96. The van der Waals surface area contributed by atoms with Crippen molar-refractivity contribution in [2.24, 2.45) is 0 Å². The maximum absolute atomic E-state index is 12.6. The van der Waals surface area contributed by atoms with Gasteiger partial charge in [-0.1, -0.05) is 18.2 Å². The summed E-state index contributed by atoms with van der Waals surface area (Å²) in [5.74, 6) is -0.390. The first-order valence-corrected chi connectivity index (χ1v) is 11.0. The molecule has 0 saturated carbocycles. The van der Waals surface area contributed by atoms with Gasteiger partial charge in [-0.2, -0.15) is 10.2 Å². The summed E-state index contributed by atoms with van der Waals surface area (Å²) in [7, 11) is 0. The predicted molar refractivity (Wildman–Crippen MR) is 124 cm³/mol. The van der Waals surface area contributed by atoms with Gasteiger partial charge in [0.15, 0.2) is 0 Å². The molecule has 0 unspecified atom stereocenters. The smallest absolute Gasteiger partial charge is 0.340 e. The quantitative estimate of drug-likeness (QED) is 0.335. The van der Waals surface area contributed by atoms with Crippen LogP contribution in [0.3, 0.4) is 0 Å². The summed E-state index contributed by atoms with van der Waals surface area (Å²) in [5.41, 5.74) is 4.21. The van der Waals surface area contributed by atoms with Gasteiger partial charge >= 0.3 is 5.97 Å². The van der Waals surface area contributed by atoms with Crippen molar-refractivity contribution in [2.75, 3.05) is 13.2 Å². The van der Waals surface area contributed by atoms with Crippen LogP contribution in [-0.4, -0.2) is 33.3 Å². The van der Waals surface area contributed by atoms with Crippen molar-refractivity contribution in [1.82, 2.24) is 14.1 Å². The number of hydrogen-bond acceptors (Lipinski definition) is 5. The molecule has 0 aliphatic heterocycles. The van der Waals surface area contributed by atoms with Gasteiger partial charge in [0.2, 0.25) is 0 Å². The number of halogens is 1. The highest BCUT2D eigenvalue weighted by atomic mass is 79.9. The first kappa shape index (κ1) is 21.7. The third-order valence-electron chi connectivity index (χ3n) is 4.98. The fraction of sp³-hybridized carbons (Fsp3) is 0.208. The number of carbonyl (C=O) groups is 1. The number of fused-ring (bicyclic) bond motifs is 1. The Bertz CT molecular complexity index is 1320. The van der Waals surface area contributed by atoms with E-state index in [1.807, 2.05) is 52.5 Å². The molecule has 0 saturated heterocycles. The van der Waals surface area contributed by atoms with Crippen molar-refractivity contribution in [1.29, 1.82) is 5.26 Å². The Kier molecular flexibility index (Phi) is 6.28. The lowest BCUT2D eigenvalue weighted by Crippen LogP contribution is -2.10. The molecule has 0 N–H and O–H groups in total. The SMILES string of the molecule is CCOC(=O)c1cccc2nc(OCC)n(Cc3ccc(-n4c(Br)ccc4C#N)cc3)c12. The minimum absolute atomic E-state index is 0.294. The van der Waals surface area contributed by atoms with Crippen molar-refractivity contribution in [3.05, 3.63) is 76.0 Å². The Morgan fingerprint density at radius 1 is 1.09 bits per heavy atom. The standard InChI is InChI=1S/C24H21BrN4O3/c1-3-31-23(30)19-6-5-7-20-22(19)28(24(27-20)32-4-2)15-16-8-10-17(11-9-16)29-18(14-26)12-13-21(29)25/h5-13H,3-4,15H2,1-2H3. The molecule has 4 aromatic rings. The fourth-order valence-corrected chi connectivity index (χ4v) is 4.15. The molecule has 2 aromatic heterocycles. The number of carbonyl (C=O) groups excluding carboxylic acids is 1. The van der Waals surface area contributed by atoms with E-state index in [0.29, 0.717) is 48.1 Å². The van der Waals surface area contributed by atoms with Crippen LogP contribution in [0.15, 0.2) is 59.2 Å². The van der Waals surface area contributed by atoms with Crippen LogP contribution in [0.1, 0.15) is 35.5 Å². The van der Waals surface area contributed by atoms with E-state index in [2.05, 4.69) is 27.0 Å². The molecule has 7 nitrogen and oxygen atoms in total. The number of ether oxygens (including phenoxy) is 2. The summed E-state index contributed by atoms with van der Waals surface area (Å²) in [6.45, 7) is 4.88. The van der Waals surface area contributed by atoms with E-state index >= 15 is 0 Å². The van der Waals surface area contributed by atoms with Crippen LogP contribution < -0.4 is 4.74 Å². The number of imidazole rings is 1. The minimum Gasteiger partial charge on any atom is -0.465 e. The van der Waals surface area contributed by atoms with E-state index < -0.39 is 0 Å². The Labute approximate surface area is 193 Å². The number of hydrogen-bond donors (Lipinski definition) is 0. The second kappa shape index (κ2) is 9.28. The molecule has 2 heterocycles. The highest BCUT2D eigenvalue weighted by Crippen LogP contribution is 2.28. The van der Waals surface area contributed by atoms with E-state index in [1.54, 1.807) is 25.1 Å². The maximum Gasteiger partial charge on any atom is 0.340 e. The van der Waals surface area contributed by atoms with Crippen LogP contribution in [0.25, 0.3) is 16.7 Å². The number of benzene rings is 2. The largest absolute Gasteiger partial charge is 0.465 e. The molecule has 0 fully saturated rings. The molecule has 0 atom stereocenters. The van der Waals surface area contributed by atoms with Crippen LogP contribution in [-0.2, 0) is 11.3 Å².